The van der Waals surface area contributed by atoms with Gasteiger partial charge in [0.05, 0.1) is 5.41 Å². The van der Waals surface area contributed by atoms with E-state index in [-0.39, 0.29) is 5.69 Å². The molecule has 0 aromatic heterocycles. The Morgan fingerprint density at radius 1 is 0.614 bits per heavy atom. The number of rotatable bonds is 5. The lowest BCUT2D eigenvalue weighted by Crippen LogP contribution is -2.59. The monoisotopic (exact) mass is 589 g/mol. The Kier molecular flexibility index (Phi) is 7.23. The molecule has 1 aliphatic heterocycles. The van der Waals surface area contributed by atoms with E-state index >= 15 is 0 Å². The predicted octanol–water partition coefficient (Wildman–Crippen LogP) is 9.45. The maximum absolute atomic E-state index is 14.1. The summed E-state index contributed by atoms with van der Waals surface area (Å²) in [7, 11) is 0. The Hall–Kier alpha value is -4.64. The maximum Gasteiger partial charge on any atom is 0.471 e. The summed E-state index contributed by atoms with van der Waals surface area (Å²) in [6, 6.07) is 46.1. The van der Waals surface area contributed by atoms with Gasteiger partial charge in [0, 0.05) is 16.6 Å². The molecule has 0 spiro atoms. The lowest BCUT2D eigenvalue weighted by atomic mass is 9.61. The van der Waals surface area contributed by atoms with E-state index in [0.717, 1.165) is 32.7 Å². The number of carbonyl (C=O) groups excluding carboxylic acids is 1. The number of hydrogen-bond donors (Lipinski definition) is 0. The van der Waals surface area contributed by atoms with Crippen LogP contribution in [0.1, 0.15) is 60.6 Å². The van der Waals surface area contributed by atoms with Gasteiger partial charge in [-0.2, -0.15) is 13.2 Å². The van der Waals surface area contributed by atoms with Crippen LogP contribution in [0.5, 0.6) is 0 Å². The van der Waals surface area contributed by atoms with E-state index in [1.165, 1.54) is 0 Å². The minimum Gasteiger partial charge on any atom is -0.299 e. The topological polar surface area (TPSA) is 20.3 Å². The number of hydrogen-bond acceptors (Lipinski definition) is 1. The highest BCUT2D eigenvalue weighted by molar-refractivity contribution is 6.00. The Morgan fingerprint density at radius 3 is 1.48 bits per heavy atom. The normalized spacial score (nSPS) is 18.0. The van der Waals surface area contributed by atoms with E-state index in [2.05, 4.69) is 43.3 Å². The van der Waals surface area contributed by atoms with Gasteiger partial charge in [0.15, 0.2) is 0 Å². The average molecular weight is 590 g/mol. The largest absolute Gasteiger partial charge is 0.471 e. The molecule has 6 rings (SSSR count). The Morgan fingerprint density at radius 2 is 1.05 bits per heavy atom. The molecule has 1 heterocycles. The van der Waals surface area contributed by atoms with Crippen molar-refractivity contribution in [3.8, 4) is 0 Å². The molecule has 0 bridgehead atoms. The van der Waals surface area contributed by atoms with E-state index in [9.17, 15) is 18.0 Å². The van der Waals surface area contributed by atoms with Crippen molar-refractivity contribution in [3.63, 3.8) is 0 Å². The molecule has 2 nitrogen and oxygen atoms in total. The molecule has 222 valence electrons. The number of nitrogens with zero attached hydrogens (tertiary/aromatic N) is 1. The fraction of sp³-hybridized carbons (Fsp3) is 0.205. The molecule has 1 unspecified atom stereocenters. The molecule has 0 aliphatic carbocycles. The summed E-state index contributed by atoms with van der Waals surface area (Å²) in [5.41, 5.74) is 3.34. The molecule has 5 aromatic rings. The van der Waals surface area contributed by atoms with Gasteiger partial charge in [-0.3, -0.25) is 9.69 Å². The van der Waals surface area contributed by atoms with Gasteiger partial charge in [0.2, 0.25) is 0 Å². The fourth-order valence-electron chi connectivity index (χ4n) is 7.41. The van der Waals surface area contributed by atoms with Gasteiger partial charge in [0.25, 0.3) is 0 Å². The SMILES string of the molecule is CC1(c2ccccc2)CC(C)(C)N(C(=O)C(F)(F)F)c2ccc(C(c3ccccc3)(c3ccccc3)c3ccccc3)cc21. The zero-order chi connectivity index (χ0) is 31.2. The Balaban J connectivity index is 1.73. The zero-order valence-corrected chi connectivity index (χ0v) is 25.0. The van der Waals surface area contributed by atoms with Crippen LogP contribution in [0.2, 0.25) is 0 Å². The second-order valence-corrected chi connectivity index (χ2v) is 12.4. The average Bonchev–Trinajstić information content (AvgIpc) is 3.03. The standard InChI is InChI=1S/C39H34F3NO/c1-36(2)27-37(3,28-16-8-4-9-17-28)33-26-32(24-25-34(33)43(36)35(44)39(40,41)42)38(29-18-10-5-11-19-29,30-20-12-6-13-21-30)31-22-14-7-15-23-31/h4-26H,27H2,1-3H3. The highest BCUT2D eigenvalue weighted by Gasteiger charge is 2.54. The molecule has 0 radical (unpaired) electrons. The smallest absolute Gasteiger partial charge is 0.299 e. The number of amides is 1. The minimum absolute atomic E-state index is 0.279. The van der Waals surface area contributed by atoms with Crippen molar-refractivity contribution in [3.05, 3.63) is 173 Å². The summed E-state index contributed by atoms with van der Waals surface area (Å²) < 4.78 is 42.4. The summed E-state index contributed by atoms with van der Waals surface area (Å²) in [4.78, 5) is 14.1. The van der Waals surface area contributed by atoms with Crippen LogP contribution in [0.25, 0.3) is 0 Å². The highest BCUT2D eigenvalue weighted by Crippen LogP contribution is 2.54. The van der Waals surface area contributed by atoms with E-state index in [1.807, 2.05) is 97.1 Å². The van der Waals surface area contributed by atoms with Crippen LogP contribution >= 0.6 is 0 Å². The quantitative estimate of drug-likeness (QED) is 0.187. The first-order valence-corrected chi connectivity index (χ1v) is 14.8. The lowest BCUT2D eigenvalue weighted by Gasteiger charge is -2.52. The number of fused-ring (bicyclic) bond motifs is 1. The van der Waals surface area contributed by atoms with Crippen molar-refractivity contribution in [2.24, 2.45) is 0 Å². The van der Waals surface area contributed by atoms with Crippen molar-refractivity contribution in [2.75, 3.05) is 4.90 Å². The van der Waals surface area contributed by atoms with E-state index in [4.69, 9.17) is 0 Å². The second kappa shape index (κ2) is 10.8. The predicted molar refractivity (Wildman–Crippen MR) is 170 cm³/mol. The highest BCUT2D eigenvalue weighted by atomic mass is 19.4. The molecule has 44 heavy (non-hydrogen) atoms. The van der Waals surface area contributed by atoms with Gasteiger partial charge in [0.1, 0.15) is 0 Å². The Labute approximate surface area is 256 Å². The van der Waals surface area contributed by atoms with Crippen molar-refractivity contribution in [1.29, 1.82) is 0 Å². The summed E-state index contributed by atoms with van der Waals surface area (Å²) in [5.74, 6) is -1.85. The molecular formula is C39H34F3NO. The lowest BCUT2D eigenvalue weighted by molar-refractivity contribution is -0.172. The number of carbonyl (C=O) groups is 1. The molecular weight excluding hydrogens is 555 g/mol. The first-order valence-electron chi connectivity index (χ1n) is 14.8. The summed E-state index contributed by atoms with van der Waals surface area (Å²) in [6.45, 7) is 5.52. The molecule has 0 saturated carbocycles. The van der Waals surface area contributed by atoms with Crippen LogP contribution in [0.15, 0.2) is 140 Å². The number of benzene rings is 5. The van der Waals surface area contributed by atoms with Gasteiger partial charge in [-0.25, -0.2) is 0 Å². The first kappa shape index (κ1) is 29.4. The van der Waals surface area contributed by atoms with Crippen LogP contribution in [0.3, 0.4) is 0 Å². The third kappa shape index (κ3) is 4.71. The molecule has 1 aliphatic rings. The number of anilines is 1. The van der Waals surface area contributed by atoms with E-state index < -0.39 is 28.5 Å². The molecule has 1 amide bonds. The second-order valence-electron chi connectivity index (χ2n) is 12.4. The molecule has 0 fully saturated rings. The van der Waals surface area contributed by atoms with Crippen molar-refractivity contribution in [1.82, 2.24) is 0 Å². The Bertz CT molecular complexity index is 1670. The third-order valence-corrected chi connectivity index (χ3v) is 9.13. The van der Waals surface area contributed by atoms with Crippen LogP contribution in [-0.4, -0.2) is 17.6 Å². The van der Waals surface area contributed by atoms with E-state index in [0.29, 0.717) is 12.0 Å². The van der Waals surface area contributed by atoms with Gasteiger partial charge < -0.3 is 0 Å². The van der Waals surface area contributed by atoms with Crippen molar-refractivity contribution < 1.29 is 18.0 Å². The third-order valence-electron chi connectivity index (χ3n) is 9.13. The van der Waals surface area contributed by atoms with Crippen LogP contribution in [-0.2, 0) is 15.6 Å². The zero-order valence-electron chi connectivity index (χ0n) is 25.0. The summed E-state index contributed by atoms with van der Waals surface area (Å²) in [6.07, 6.45) is -4.72. The van der Waals surface area contributed by atoms with Gasteiger partial charge >= 0.3 is 12.1 Å². The maximum atomic E-state index is 14.1. The van der Waals surface area contributed by atoms with Crippen molar-refractivity contribution in [2.45, 2.75) is 49.7 Å². The first-order chi connectivity index (χ1) is 21.0. The molecule has 1 atom stereocenters. The van der Waals surface area contributed by atoms with Crippen LogP contribution in [0.4, 0.5) is 18.9 Å². The summed E-state index contributed by atoms with van der Waals surface area (Å²) >= 11 is 0. The molecule has 0 N–H and O–H groups in total. The number of halogens is 3. The molecule has 0 saturated heterocycles. The number of alkyl halides is 3. The van der Waals surface area contributed by atoms with Crippen LogP contribution < -0.4 is 4.90 Å². The minimum atomic E-state index is -5.02. The van der Waals surface area contributed by atoms with Crippen molar-refractivity contribution >= 4 is 11.6 Å². The molecule has 5 aromatic carbocycles. The van der Waals surface area contributed by atoms with Crippen LogP contribution in [0, 0.1) is 0 Å². The van der Waals surface area contributed by atoms with Gasteiger partial charge in [-0.15, -0.1) is 0 Å². The van der Waals surface area contributed by atoms with Gasteiger partial charge in [-0.1, -0.05) is 140 Å². The summed E-state index contributed by atoms with van der Waals surface area (Å²) in [5, 5.41) is 0. The molecule has 5 heteroatoms. The van der Waals surface area contributed by atoms with E-state index in [1.54, 1.807) is 19.9 Å². The van der Waals surface area contributed by atoms with Gasteiger partial charge in [-0.05, 0) is 59.7 Å². The fourth-order valence-corrected chi connectivity index (χ4v) is 7.41.